The summed E-state index contributed by atoms with van der Waals surface area (Å²) in [5.74, 6) is -0.291. The number of benzene rings is 2. The van der Waals surface area contributed by atoms with Gasteiger partial charge in [-0.2, -0.15) is 0 Å². The van der Waals surface area contributed by atoms with E-state index in [0.29, 0.717) is 22.6 Å². The van der Waals surface area contributed by atoms with Gasteiger partial charge in [-0.1, -0.05) is 30.3 Å². The van der Waals surface area contributed by atoms with Crippen LogP contribution in [0.25, 0.3) is 21.9 Å². The van der Waals surface area contributed by atoms with Gasteiger partial charge in [-0.15, -0.1) is 0 Å². The fourth-order valence-electron chi connectivity index (χ4n) is 3.58. The molecule has 0 spiro atoms. The first-order chi connectivity index (χ1) is 15.0. The molecule has 0 aliphatic carbocycles. The predicted molar refractivity (Wildman–Crippen MR) is 116 cm³/mol. The van der Waals surface area contributed by atoms with E-state index in [0.717, 1.165) is 22.7 Å². The molecular formula is C24H21FN4O2. The number of pyridine rings is 1. The van der Waals surface area contributed by atoms with Crippen molar-refractivity contribution < 1.29 is 13.9 Å². The molecule has 2 aromatic heterocycles. The molecule has 1 atom stereocenters. The van der Waals surface area contributed by atoms with Crippen LogP contribution in [0.4, 0.5) is 4.39 Å². The molecular weight excluding hydrogens is 395 g/mol. The second-order valence-electron chi connectivity index (χ2n) is 7.14. The van der Waals surface area contributed by atoms with Crippen molar-refractivity contribution in [3.05, 3.63) is 84.3 Å². The van der Waals surface area contributed by atoms with E-state index in [9.17, 15) is 9.18 Å². The smallest absolute Gasteiger partial charge is 0.254 e. The van der Waals surface area contributed by atoms with Gasteiger partial charge >= 0.3 is 0 Å². The Hall–Kier alpha value is -3.87. The molecule has 0 radical (unpaired) electrons. The van der Waals surface area contributed by atoms with Gasteiger partial charge in [-0.25, -0.2) is 19.3 Å². The third-order valence-electron chi connectivity index (χ3n) is 5.42. The number of carbonyl (C=O) groups excluding carboxylic acids is 1. The Labute approximate surface area is 179 Å². The first kappa shape index (κ1) is 20.4. The number of hydrogen-bond acceptors (Lipinski definition) is 5. The third-order valence-corrected chi connectivity index (χ3v) is 5.42. The van der Waals surface area contributed by atoms with Crippen LogP contribution in [0.3, 0.4) is 0 Å². The van der Waals surface area contributed by atoms with Gasteiger partial charge in [0.05, 0.1) is 25.0 Å². The molecule has 4 aromatic rings. The number of amides is 1. The number of rotatable bonds is 5. The Kier molecular flexibility index (Phi) is 5.58. The van der Waals surface area contributed by atoms with Crippen LogP contribution in [0.15, 0.2) is 67.3 Å². The van der Waals surface area contributed by atoms with Crippen molar-refractivity contribution in [1.82, 2.24) is 19.9 Å². The molecule has 156 valence electrons. The van der Waals surface area contributed by atoms with Crippen LogP contribution in [0.2, 0.25) is 0 Å². The summed E-state index contributed by atoms with van der Waals surface area (Å²) < 4.78 is 19.8. The SMILES string of the molecule is COc1cc(-c2cccc3c(C(=O)N(C)C(C)c4ccncn4)cccc23)c(F)cn1. The van der Waals surface area contributed by atoms with Crippen LogP contribution in [-0.2, 0) is 0 Å². The fourth-order valence-corrected chi connectivity index (χ4v) is 3.58. The largest absolute Gasteiger partial charge is 0.481 e. The van der Waals surface area contributed by atoms with Gasteiger partial charge in [0.1, 0.15) is 12.1 Å². The maximum absolute atomic E-state index is 14.6. The maximum Gasteiger partial charge on any atom is 0.254 e. The molecule has 6 nitrogen and oxygen atoms in total. The lowest BCUT2D eigenvalue weighted by molar-refractivity contribution is 0.0741. The summed E-state index contributed by atoms with van der Waals surface area (Å²) in [4.78, 5) is 27.1. The molecule has 4 rings (SSSR count). The normalized spacial score (nSPS) is 11.9. The second kappa shape index (κ2) is 8.47. The van der Waals surface area contributed by atoms with Crippen LogP contribution in [0.1, 0.15) is 29.0 Å². The van der Waals surface area contributed by atoms with Crippen molar-refractivity contribution in [2.45, 2.75) is 13.0 Å². The monoisotopic (exact) mass is 416 g/mol. The lowest BCUT2D eigenvalue weighted by Crippen LogP contribution is -2.30. The van der Waals surface area contributed by atoms with E-state index in [1.54, 1.807) is 42.4 Å². The molecule has 0 saturated carbocycles. The Morgan fingerprint density at radius 3 is 2.58 bits per heavy atom. The van der Waals surface area contributed by atoms with E-state index in [1.165, 1.54) is 13.4 Å². The number of halogens is 1. The van der Waals surface area contributed by atoms with E-state index in [-0.39, 0.29) is 11.9 Å². The predicted octanol–water partition coefficient (Wildman–Crippen LogP) is 4.67. The van der Waals surface area contributed by atoms with Crippen molar-refractivity contribution in [1.29, 1.82) is 0 Å². The molecule has 0 aliphatic rings. The molecule has 0 aliphatic heterocycles. The average molecular weight is 416 g/mol. The van der Waals surface area contributed by atoms with Gasteiger partial charge in [-0.3, -0.25) is 4.79 Å². The lowest BCUT2D eigenvalue weighted by atomic mass is 9.95. The zero-order valence-corrected chi connectivity index (χ0v) is 17.4. The molecule has 31 heavy (non-hydrogen) atoms. The van der Waals surface area contributed by atoms with E-state index < -0.39 is 5.82 Å². The number of hydrogen-bond donors (Lipinski definition) is 0. The van der Waals surface area contributed by atoms with Crippen LogP contribution in [-0.4, -0.2) is 39.9 Å². The standard InChI is InChI=1S/C24H21FN4O2/c1-15(22-10-11-26-14-28-22)29(2)24(30)19-9-5-6-16-17(19)7-4-8-18(16)20-12-23(31-3)27-13-21(20)25/h4-15H,1-3H3. The number of nitrogens with zero attached hydrogens (tertiary/aromatic N) is 4. The number of fused-ring (bicyclic) bond motifs is 1. The molecule has 7 heteroatoms. The molecule has 0 N–H and O–H groups in total. The highest BCUT2D eigenvalue weighted by Crippen LogP contribution is 2.34. The van der Waals surface area contributed by atoms with Gasteiger partial charge in [-0.05, 0) is 35.4 Å². The minimum Gasteiger partial charge on any atom is -0.481 e. The topological polar surface area (TPSA) is 68.2 Å². The first-order valence-electron chi connectivity index (χ1n) is 9.76. The van der Waals surface area contributed by atoms with Gasteiger partial charge in [0, 0.05) is 30.4 Å². The summed E-state index contributed by atoms with van der Waals surface area (Å²) in [7, 11) is 3.23. The Morgan fingerprint density at radius 2 is 1.84 bits per heavy atom. The van der Waals surface area contributed by atoms with Crippen LogP contribution >= 0.6 is 0 Å². The van der Waals surface area contributed by atoms with Crippen LogP contribution in [0, 0.1) is 5.82 Å². The van der Waals surface area contributed by atoms with E-state index in [2.05, 4.69) is 15.0 Å². The van der Waals surface area contributed by atoms with Gasteiger partial charge < -0.3 is 9.64 Å². The first-order valence-corrected chi connectivity index (χ1v) is 9.76. The number of ether oxygens (including phenoxy) is 1. The summed E-state index contributed by atoms with van der Waals surface area (Å²) >= 11 is 0. The van der Waals surface area contributed by atoms with Crippen LogP contribution in [0.5, 0.6) is 5.88 Å². The van der Waals surface area contributed by atoms with Gasteiger partial charge in [0.25, 0.3) is 5.91 Å². The van der Waals surface area contributed by atoms with Crippen molar-refractivity contribution in [3.63, 3.8) is 0 Å². The van der Waals surface area contributed by atoms with E-state index in [4.69, 9.17) is 4.74 Å². The summed E-state index contributed by atoms with van der Waals surface area (Å²) in [6.07, 6.45) is 4.25. The van der Waals surface area contributed by atoms with Crippen molar-refractivity contribution in [2.75, 3.05) is 14.2 Å². The average Bonchev–Trinajstić information content (AvgIpc) is 2.83. The van der Waals surface area contributed by atoms with E-state index >= 15 is 0 Å². The molecule has 0 fully saturated rings. The molecule has 0 saturated heterocycles. The number of carbonyl (C=O) groups is 1. The molecule has 0 bridgehead atoms. The zero-order chi connectivity index (χ0) is 22.0. The fraction of sp³-hybridized carbons (Fsp3) is 0.167. The maximum atomic E-state index is 14.6. The Balaban J connectivity index is 1.79. The van der Waals surface area contributed by atoms with Crippen molar-refractivity contribution in [2.24, 2.45) is 0 Å². The van der Waals surface area contributed by atoms with Crippen molar-refractivity contribution in [3.8, 4) is 17.0 Å². The van der Waals surface area contributed by atoms with Gasteiger partial charge in [0.15, 0.2) is 0 Å². The zero-order valence-electron chi connectivity index (χ0n) is 17.4. The third kappa shape index (κ3) is 3.82. The summed E-state index contributed by atoms with van der Waals surface area (Å²) in [5, 5.41) is 1.51. The molecule has 1 amide bonds. The molecule has 2 heterocycles. The molecule has 2 aromatic carbocycles. The number of methoxy groups -OCH3 is 1. The van der Waals surface area contributed by atoms with Crippen LogP contribution < -0.4 is 4.74 Å². The van der Waals surface area contributed by atoms with Crippen molar-refractivity contribution >= 4 is 16.7 Å². The quantitative estimate of drug-likeness (QED) is 0.473. The minimum atomic E-state index is -0.459. The van der Waals surface area contributed by atoms with E-state index in [1.807, 2.05) is 31.2 Å². The summed E-state index contributed by atoms with van der Waals surface area (Å²) in [6.45, 7) is 1.91. The van der Waals surface area contributed by atoms with Gasteiger partial charge in [0.2, 0.25) is 5.88 Å². The minimum absolute atomic E-state index is 0.151. The Bertz CT molecular complexity index is 1250. The highest BCUT2D eigenvalue weighted by atomic mass is 19.1. The lowest BCUT2D eigenvalue weighted by Gasteiger charge is -2.25. The summed E-state index contributed by atoms with van der Waals surface area (Å²) in [5.41, 5.74) is 2.31. The Morgan fingerprint density at radius 1 is 1.06 bits per heavy atom. The second-order valence-corrected chi connectivity index (χ2v) is 7.14. The number of aromatic nitrogens is 3. The summed E-state index contributed by atoms with van der Waals surface area (Å²) in [6, 6.07) is 14.1. The molecule has 1 unspecified atom stereocenters. The highest BCUT2D eigenvalue weighted by molar-refractivity contribution is 6.10. The highest BCUT2D eigenvalue weighted by Gasteiger charge is 2.22.